The van der Waals surface area contributed by atoms with Crippen LogP contribution in [-0.4, -0.2) is 20.2 Å². The van der Waals surface area contributed by atoms with Crippen molar-refractivity contribution >= 4 is 0 Å². The van der Waals surface area contributed by atoms with Crippen molar-refractivity contribution in [2.75, 3.05) is 0 Å². The standard InChI is InChI=1S/C8H6N4O2/c13-6-2-5-11-12-7(6)14-8-9-3-1-4-10-8/h1-5H,(H,11,13). The first kappa shape index (κ1) is 8.36. The van der Waals surface area contributed by atoms with Gasteiger partial charge in [-0.25, -0.2) is 9.97 Å². The fourth-order valence-corrected chi connectivity index (χ4v) is 0.833. The third-order valence-electron chi connectivity index (χ3n) is 1.42. The second-order valence-corrected chi connectivity index (χ2v) is 2.38. The molecule has 6 nitrogen and oxygen atoms in total. The van der Waals surface area contributed by atoms with E-state index >= 15 is 0 Å². The van der Waals surface area contributed by atoms with Gasteiger partial charge < -0.3 is 4.74 Å². The van der Waals surface area contributed by atoms with Gasteiger partial charge in [-0.1, -0.05) is 0 Å². The molecule has 2 heterocycles. The maximum absolute atomic E-state index is 11.2. The number of H-pyrrole nitrogens is 1. The van der Waals surface area contributed by atoms with Crippen molar-refractivity contribution in [2.24, 2.45) is 0 Å². The van der Waals surface area contributed by atoms with Gasteiger partial charge in [-0.2, -0.15) is 0 Å². The molecule has 2 aromatic heterocycles. The Morgan fingerprint density at radius 3 is 2.79 bits per heavy atom. The molecule has 0 bridgehead atoms. The molecule has 0 aliphatic carbocycles. The molecule has 0 saturated carbocycles. The molecule has 0 aromatic carbocycles. The molecular formula is C8H6N4O2. The van der Waals surface area contributed by atoms with Crippen LogP contribution in [0.25, 0.3) is 0 Å². The molecule has 2 aromatic rings. The van der Waals surface area contributed by atoms with Gasteiger partial charge in [-0.3, -0.25) is 9.89 Å². The lowest BCUT2D eigenvalue weighted by atomic mass is 10.5. The van der Waals surface area contributed by atoms with Gasteiger partial charge in [0, 0.05) is 24.7 Å². The van der Waals surface area contributed by atoms with E-state index in [0.717, 1.165) is 0 Å². The Kier molecular flexibility index (Phi) is 2.18. The Morgan fingerprint density at radius 1 is 1.29 bits per heavy atom. The van der Waals surface area contributed by atoms with E-state index in [1.165, 1.54) is 24.7 Å². The first-order chi connectivity index (χ1) is 6.86. The summed E-state index contributed by atoms with van der Waals surface area (Å²) in [4.78, 5) is 18.7. The first-order valence-electron chi connectivity index (χ1n) is 3.85. The summed E-state index contributed by atoms with van der Waals surface area (Å²) in [5.74, 6) is -0.0706. The van der Waals surface area contributed by atoms with E-state index in [9.17, 15) is 4.79 Å². The normalized spacial score (nSPS) is 9.71. The van der Waals surface area contributed by atoms with Gasteiger partial charge in [-0.05, 0) is 6.07 Å². The number of aromatic amines is 1. The monoisotopic (exact) mass is 190 g/mol. The SMILES string of the molecule is O=c1cc[nH]nc1Oc1ncccn1. The number of rotatable bonds is 2. The van der Waals surface area contributed by atoms with Crippen molar-refractivity contribution < 1.29 is 4.74 Å². The van der Waals surface area contributed by atoms with Crippen LogP contribution in [-0.2, 0) is 0 Å². The first-order valence-corrected chi connectivity index (χ1v) is 3.85. The van der Waals surface area contributed by atoms with Crippen molar-refractivity contribution in [3.8, 4) is 11.9 Å². The molecule has 0 spiro atoms. The molecule has 1 N–H and O–H groups in total. The summed E-state index contributed by atoms with van der Waals surface area (Å²) in [6.07, 6.45) is 4.44. The zero-order chi connectivity index (χ0) is 9.80. The van der Waals surface area contributed by atoms with Gasteiger partial charge in [0.25, 0.3) is 5.88 Å². The Labute approximate surface area is 78.6 Å². The van der Waals surface area contributed by atoms with E-state index in [1.54, 1.807) is 6.07 Å². The minimum absolute atomic E-state index is 0.0706. The number of hydrogen-bond acceptors (Lipinski definition) is 5. The summed E-state index contributed by atoms with van der Waals surface area (Å²) < 4.78 is 5.03. The summed E-state index contributed by atoms with van der Waals surface area (Å²) in [6, 6.07) is 3.05. The Hall–Kier alpha value is -2.24. The lowest BCUT2D eigenvalue weighted by molar-refractivity contribution is 0.414. The molecular weight excluding hydrogens is 184 g/mol. The molecule has 70 valence electrons. The minimum atomic E-state index is -0.323. The Bertz CT molecular complexity index is 468. The Morgan fingerprint density at radius 2 is 2.07 bits per heavy atom. The van der Waals surface area contributed by atoms with Crippen molar-refractivity contribution in [1.29, 1.82) is 0 Å². The summed E-state index contributed by atoms with van der Waals surface area (Å²) in [7, 11) is 0. The molecule has 0 saturated heterocycles. The Balaban J connectivity index is 2.28. The van der Waals surface area contributed by atoms with Crippen LogP contribution in [0.2, 0.25) is 0 Å². The highest BCUT2D eigenvalue weighted by Crippen LogP contribution is 2.06. The molecule has 0 aliphatic heterocycles. The van der Waals surface area contributed by atoms with Crippen LogP contribution in [0.3, 0.4) is 0 Å². The van der Waals surface area contributed by atoms with Gasteiger partial charge >= 0.3 is 6.01 Å². The number of ether oxygens (including phenoxy) is 1. The van der Waals surface area contributed by atoms with Gasteiger partial charge in [0.1, 0.15) is 0 Å². The highest BCUT2D eigenvalue weighted by Gasteiger charge is 2.03. The van der Waals surface area contributed by atoms with Crippen LogP contribution in [0.1, 0.15) is 0 Å². The van der Waals surface area contributed by atoms with Gasteiger partial charge in [0.15, 0.2) is 0 Å². The van der Waals surface area contributed by atoms with Crippen LogP contribution in [0, 0.1) is 0 Å². The maximum atomic E-state index is 11.2. The smallest absolute Gasteiger partial charge is 0.323 e. The molecule has 0 amide bonds. The van der Waals surface area contributed by atoms with Crippen LogP contribution >= 0.6 is 0 Å². The van der Waals surface area contributed by atoms with Gasteiger partial charge in [0.2, 0.25) is 5.43 Å². The summed E-state index contributed by atoms with van der Waals surface area (Å²) in [5.41, 5.74) is -0.323. The number of hydrogen-bond donors (Lipinski definition) is 1. The summed E-state index contributed by atoms with van der Waals surface area (Å²) in [5, 5.41) is 6.13. The molecule has 6 heteroatoms. The predicted octanol–water partition coefficient (Wildman–Crippen LogP) is 0.352. The molecule has 0 fully saturated rings. The van der Waals surface area contributed by atoms with Crippen molar-refractivity contribution in [1.82, 2.24) is 20.2 Å². The highest BCUT2D eigenvalue weighted by molar-refractivity contribution is 5.11. The van der Waals surface area contributed by atoms with Crippen LogP contribution in [0.15, 0.2) is 35.5 Å². The second-order valence-electron chi connectivity index (χ2n) is 2.38. The highest BCUT2D eigenvalue weighted by atomic mass is 16.5. The van der Waals surface area contributed by atoms with E-state index < -0.39 is 0 Å². The van der Waals surface area contributed by atoms with Crippen LogP contribution in [0.4, 0.5) is 0 Å². The van der Waals surface area contributed by atoms with Gasteiger partial charge in [0.05, 0.1) is 0 Å². The zero-order valence-corrected chi connectivity index (χ0v) is 7.04. The fraction of sp³-hybridized carbons (Fsp3) is 0. The second kappa shape index (κ2) is 3.65. The largest absolute Gasteiger partial charge is 0.400 e. The minimum Gasteiger partial charge on any atom is -0.400 e. The average molecular weight is 190 g/mol. The molecule has 0 aliphatic rings. The van der Waals surface area contributed by atoms with E-state index in [4.69, 9.17) is 4.74 Å². The molecule has 14 heavy (non-hydrogen) atoms. The number of nitrogens with one attached hydrogen (secondary N) is 1. The quantitative estimate of drug-likeness (QED) is 0.739. The molecule has 2 rings (SSSR count). The summed E-state index contributed by atoms with van der Waals surface area (Å²) in [6.45, 7) is 0. The average Bonchev–Trinajstić information content (AvgIpc) is 2.23. The van der Waals surface area contributed by atoms with E-state index in [0.29, 0.717) is 0 Å². The maximum Gasteiger partial charge on any atom is 0.323 e. The molecule has 0 radical (unpaired) electrons. The van der Waals surface area contributed by atoms with E-state index in [-0.39, 0.29) is 17.3 Å². The van der Waals surface area contributed by atoms with Crippen molar-refractivity contribution in [2.45, 2.75) is 0 Å². The summed E-state index contributed by atoms with van der Waals surface area (Å²) >= 11 is 0. The lowest BCUT2D eigenvalue weighted by Gasteiger charge is -1.98. The third-order valence-corrected chi connectivity index (χ3v) is 1.42. The van der Waals surface area contributed by atoms with Crippen molar-refractivity contribution in [3.63, 3.8) is 0 Å². The molecule has 0 atom stereocenters. The van der Waals surface area contributed by atoms with Crippen LogP contribution < -0.4 is 10.2 Å². The van der Waals surface area contributed by atoms with E-state index in [1.807, 2.05) is 0 Å². The number of aromatic nitrogens is 4. The fourth-order valence-electron chi connectivity index (χ4n) is 0.833. The lowest BCUT2D eigenvalue weighted by Crippen LogP contribution is -2.07. The predicted molar refractivity (Wildman–Crippen MR) is 47.0 cm³/mol. The molecule has 0 unspecified atom stereocenters. The van der Waals surface area contributed by atoms with E-state index in [2.05, 4.69) is 20.2 Å². The number of nitrogens with zero attached hydrogens (tertiary/aromatic N) is 3. The van der Waals surface area contributed by atoms with Gasteiger partial charge in [-0.15, -0.1) is 5.10 Å². The zero-order valence-electron chi connectivity index (χ0n) is 7.04. The van der Waals surface area contributed by atoms with Crippen molar-refractivity contribution in [3.05, 3.63) is 40.9 Å². The third kappa shape index (κ3) is 1.74. The van der Waals surface area contributed by atoms with Crippen LogP contribution in [0.5, 0.6) is 11.9 Å². The topological polar surface area (TPSA) is 80.8 Å².